The first kappa shape index (κ1) is 15.5. The van der Waals surface area contributed by atoms with Crippen molar-refractivity contribution in [2.24, 2.45) is 0 Å². The lowest BCUT2D eigenvalue weighted by Crippen LogP contribution is -2.45. The molecule has 1 atom stereocenters. The molecule has 0 spiro atoms. The van der Waals surface area contributed by atoms with Crippen LogP contribution in [0.2, 0.25) is 0 Å². The fourth-order valence-electron chi connectivity index (χ4n) is 3.87. The van der Waals surface area contributed by atoms with E-state index in [1.54, 1.807) is 0 Å². The van der Waals surface area contributed by atoms with Crippen LogP contribution >= 0.6 is 0 Å². The number of hydrogen-bond donors (Lipinski definition) is 0. The van der Waals surface area contributed by atoms with E-state index in [0.717, 1.165) is 37.1 Å². The predicted molar refractivity (Wildman–Crippen MR) is 90.1 cm³/mol. The number of rotatable bonds is 4. The molecule has 0 aromatic heterocycles. The molecule has 1 aromatic rings. The maximum atomic E-state index is 12.9. The summed E-state index contributed by atoms with van der Waals surface area (Å²) in [4.78, 5) is 17.7. The summed E-state index contributed by atoms with van der Waals surface area (Å²) >= 11 is 0. The van der Waals surface area contributed by atoms with Gasteiger partial charge >= 0.3 is 0 Å². The number of piperidine rings is 1. The second-order valence-corrected chi connectivity index (χ2v) is 6.80. The summed E-state index contributed by atoms with van der Waals surface area (Å²) in [6.45, 7) is 6.62. The van der Waals surface area contributed by atoms with Crippen molar-refractivity contribution in [2.45, 2.75) is 51.5 Å². The van der Waals surface area contributed by atoms with Gasteiger partial charge in [-0.05, 0) is 70.2 Å². The van der Waals surface area contributed by atoms with Crippen LogP contribution in [0.4, 0.5) is 0 Å². The van der Waals surface area contributed by atoms with Gasteiger partial charge in [-0.15, -0.1) is 0 Å². The van der Waals surface area contributed by atoms with Gasteiger partial charge in [0, 0.05) is 24.7 Å². The molecule has 1 unspecified atom stereocenters. The first-order valence-electron chi connectivity index (χ1n) is 8.84. The van der Waals surface area contributed by atoms with Gasteiger partial charge in [0.2, 0.25) is 0 Å². The Morgan fingerprint density at radius 1 is 1.09 bits per heavy atom. The van der Waals surface area contributed by atoms with E-state index in [1.165, 1.54) is 38.8 Å². The molecule has 3 rings (SSSR count). The normalized spacial score (nSPS) is 23.0. The average Bonchev–Trinajstić information content (AvgIpc) is 3.06. The van der Waals surface area contributed by atoms with E-state index in [-0.39, 0.29) is 5.91 Å². The van der Waals surface area contributed by atoms with Gasteiger partial charge in [0.15, 0.2) is 0 Å². The molecule has 2 saturated heterocycles. The molecule has 0 bridgehead atoms. The second kappa shape index (κ2) is 7.28. The summed E-state index contributed by atoms with van der Waals surface area (Å²) in [5.41, 5.74) is 1.98. The first-order valence-corrected chi connectivity index (χ1v) is 8.84. The van der Waals surface area contributed by atoms with E-state index >= 15 is 0 Å². The van der Waals surface area contributed by atoms with Gasteiger partial charge in [-0.3, -0.25) is 4.79 Å². The van der Waals surface area contributed by atoms with E-state index < -0.39 is 0 Å². The van der Waals surface area contributed by atoms with Gasteiger partial charge in [0.1, 0.15) is 0 Å². The van der Waals surface area contributed by atoms with Crippen LogP contribution < -0.4 is 0 Å². The van der Waals surface area contributed by atoms with Crippen LogP contribution in [0.15, 0.2) is 24.3 Å². The fraction of sp³-hybridized carbons (Fsp3) is 0.632. The second-order valence-electron chi connectivity index (χ2n) is 6.80. The molecule has 3 nitrogen and oxygen atoms in total. The molecular formula is C19H28N2O. The number of benzene rings is 1. The molecule has 3 heteroatoms. The van der Waals surface area contributed by atoms with E-state index in [4.69, 9.17) is 0 Å². The van der Waals surface area contributed by atoms with E-state index in [9.17, 15) is 4.79 Å². The summed E-state index contributed by atoms with van der Waals surface area (Å²) in [6.07, 6.45) is 7.41. The molecule has 120 valence electrons. The largest absolute Gasteiger partial charge is 0.336 e. The average molecular weight is 300 g/mol. The zero-order chi connectivity index (χ0) is 15.4. The summed E-state index contributed by atoms with van der Waals surface area (Å²) < 4.78 is 0. The quantitative estimate of drug-likeness (QED) is 0.850. The van der Waals surface area contributed by atoms with Crippen molar-refractivity contribution >= 4 is 5.91 Å². The van der Waals surface area contributed by atoms with E-state index in [1.807, 2.05) is 31.2 Å². The Kier molecular flexibility index (Phi) is 5.14. The molecule has 1 aromatic carbocycles. The van der Waals surface area contributed by atoms with Crippen LogP contribution in [0.3, 0.4) is 0 Å². The smallest absolute Gasteiger partial charge is 0.254 e. The van der Waals surface area contributed by atoms with Crippen LogP contribution in [0.25, 0.3) is 0 Å². The highest BCUT2D eigenvalue weighted by Crippen LogP contribution is 2.24. The summed E-state index contributed by atoms with van der Waals surface area (Å²) in [6, 6.07) is 8.43. The van der Waals surface area contributed by atoms with E-state index in [2.05, 4.69) is 9.80 Å². The highest BCUT2D eigenvalue weighted by Gasteiger charge is 2.28. The minimum Gasteiger partial charge on any atom is -0.336 e. The Balaban J connectivity index is 1.66. The molecule has 0 aliphatic carbocycles. The maximum Gasteiger partial charge on any atom is 0.254 e. The topological polar surface area (TPSA) is 23.6 Å². The van der Waals surface area contributed by atoms with Crippen LogP contribution in [-0.4, -0.2) is 47.9 Å². The Labute approximate surface area is 134 Å². The van der Waals surface area contributed by atoms with Gasteiger partial charge < -0.3 is 9.80 Å². The fourth-order valence-corrected chi connectivity index (χ4v) is 3.87. The number of nitrogens with zero attached hydrogens (tertiary/aromatic N) is 2. The lowest BCUT2D eigenvalue weighted by molar-refractivity contribution is 0.0587. The third-order valence-electron chi connectivity index (χ3n) is 5.24. The van der Waals surface area contributed by atoms with Gasteiger partial charge in [-0.1, -0.05) is 18.2 Å². The molecule has 0 radical (unpaired) electrons. The minimum absolute atomic E-state index is 0.240. The van der Waals surface area contributed by atoms with Gasteiger partial charge in [0.25, 0.3) is 5.91 Å². The van der Waals surface area contributed by atoms with Crippen molar-refractivity contribution in [3.63, 3.8) is 0 Å². The number of carbonyl (C=O) groups is 1. The van der Waals surface area contributed by atoms with Gasteiger partial charge in [-0.25, -0.2) is 0 Å². The Morgan fingerprint density at radius 2 is 1.82 bits per heavy atom. The number of likely N-dealkylation sites (tertiary alicyclic amines) is 2. The monoisotopic (exact) mass is 300 g/mol. The number of aryl methyl sites for hydroxylation is 1. The number of carbonyl (C=O) groups excluding carboxylic acids is 1. The Bertz CT molecular complexity index is 508. The Hall–Kier alpha value is -1.35. The van der Waals surface area contributed by atoms with Gasteiger partial charge in [0.05, 0.1) is 0 Å². The summed E-state index contributed by atoms with van der Waals surface area (Å²) in [5, 5.41) is 0. The van der Waals surface area contributed by atoms with Crippen LogP contribution in [-0.2, 0) is 0 Å². The SMILES string of the molecule is Cc1ccccc1C(=O)N1CCCCC1CCN1CCCC1. The highest BCUT2D eigenvalue weighted by atomic mass is 16.2. The molecule has 1 amide bonds. The lowest BCUT2D eigenvalue weighted by atomic mass is 9.97. The molecule has 2 heterocycles. The number of hydrogen-bond acceptors (Lipinski definition) is 2. The Morgan fingerprint density at radius 3 is 2.59 bits per heavy atom. The van der Waals surface area contributed by atoms with Crippen molar-refractivity contribution in [3.8, 4) is 0 Å². The summed E-state index contributed by atoms with van der Waals surface area (Å²) in [5.74, 6) is 0.240. The third kappa shape index (κ3) is 3.52. The molecular weight excluding hydrogens is 272 g/mol. The van der Waals surface area contributed by atoms with Crippen LogP contribution in [0, 0.1) is 6.92 Å². The van der Waals surface area contributed by atoms with Gasteiger partial charge in [-0.2, -0.15) is 0 Å². The first-order chi connectivity index (χ1) is 10.8. The molecule has 2 aliphatic rings. The molecule has 0 N–H and O–H groups in total. The van der Waals surface area contributed by atoms with Crippen molar-refractivity contribution in [3.05, 3.63) is 35.4 Å². The van der Waals surface area contributed by atoms with Crippen molar-refractivity contribution in [1.82, 2.24) is 9.80 Å². The van der Waals surface area contributed by atoms with Crippen molar-refractivity contribution in [2.75, 3.05) is 26.2 Å². The highest BCUT2D eigenvalue weighted by molar-refractivity contribution is 5.95. The maximum absolute atomic E-state index is 12.9. The predicted octanol–water partition coefficient (Wildman–Crippen LogP) is 3.48. The van der Waals surface area contributed by atoms with Crippen molar-refractivity contribution in [1.29, 1.82) is 0 Å². The molecule has 2 aliphatic heterocycles. The summed E-state index contributed by atoms with van der Waals surface area (Å²) in [7, 11) is 0. The zero-order valence-corrected chi connectivity index (χ0v) is 13.8. The van der Waals surface area contributed by atoms with E-state index in [0.29, 0.717) is 6.04 Å². The van der Waals surface area contributed by atoms with Crippen molar-refractivity contribution < 1.29 is 4.79 Å². The molecule has 0 saturated carbocycles. The third-order valence-corrected chi connectivity index (χ3v) is 5.24. The van der Waals surface area contributed by atoms with Crippen LogP contribution in [0.5, 0.6) is 0 Å². The minimum atomic E-state index is 0.240. The zero-order valence-electron chi connectivity index (χ0n) is 13.8. The number of amides is 1. The molecule has 2 fully saturated rings. The van der Waals surface area contributed by atoms with Crippen LogP contribution in [0.1, 0.15) is 54.4 Å². The standard InChI is InChI=1S/C19H28N2O/c1-16-8-2-3-10-18(16)19(22)21-14-5-4-9-17(21)11-15-20-12-6-7-13-20/h2-3,8,10,17H,4-7,9,11-15H2,1H3. The molecule has 22 heavy (non-hydrogen) atoms. The lowest BCUT2D eigenvalue weighted by Gasteiger charge is -2.37.